The molecule has 0 aliphatic heterocycles. The second-order valence-electron chi connectivity index (χ2n) is 5.25. The van der Waals surface area contributed by atoms with Crippen molar-refractivity contribution < 1.29 is 9.84 Å². The SMILES string of the molecule is COc1ccc(N(C)C2CCc3cc(O)ccc32)cc1. The lowest BCUT2D eigenvalue weighted by Crippen LogP contribution is -2.22. The second kappa shape index (κ2) is 5.08. The van der Waals surface area contributed by atoms with Crippen LogP contribution in [0.4, 0.5) is 5.69 Å². The van der Waals surface area contributed by atoms with E-state index < -0.39 is 0 Å². The summed E-state index contributed by atoms with van der Waals surface area (Å²) in [4.78, 5) is 2.29. The molecule has 0 spiro atoms. The van der Waals surface area contributed by atoms with Gasteiger partial charge in [-0.2, -0.15) is 0 Å². The van der Waals surface area contributed by atoms with E-state index in [1.807, 2.05) is 24.3 Å². The quantitative estimate of drug-likeness (QED) is 0.925. The zero-order valence-corrected chi connectivity index (χ0v) is 11.8. The van der Waals surface area contributed by atoms with Gasteiger partial charge < -0.3 is 14.7 Å². The monoisotopic (exact) mass is 269 g/mol. The van der Waals surface area contributed by atoms with Gasteiger partial charge in [0, 0.05) is 12.7 Å². The number of aromatic hydroxyl groups is 1. The molecule has 3 nitrogen and oxygen atoms in total. The summed E-state index contributed by atoms with van der Waals surface area (Å²) in [6.07, 6.45) is 2.11. The van der Waals surface area contributed by atoms with Crippen LogP contribution in [0.3, 0.4) is 0 Å². The molecule has 3 rings (SSSR count). The van der Waals surface area contributed by atoms with Crippen molar-refractivity contribution in [2.45, 2.75) is 18.9 Å². The first-order valence-electron chi connectivity index (χ1n) is 6.87. The number of fused-ring (bicyclic) bond motifs is 1. The molecular weight excluding hydrogens is 250 g/mol. The molecule has 104 valence electrons. The van der Waals surface area contributed by atoms with E-state index in [1.54, 1.807) is 13.2 Å². The minimum atomic E-state index is 0.358. The minimum absolute atomic E-state index is 0.358. The molecular formula is C17H19NO2. The van der Waals surface area contributed by atoms with Crippen molar-refractivity contribution in [1.29, 1.82) is 0 Å². The lowest BCUT2D eigenvalue weighted by molar-refractivity contribution is 0.415. The van der Waals surface area contributed by atoms with Gasteiger partial charge in [-0.05, 0) is 60.4 Å². The molecule has 20 heavy (non-hydrogen) atoms. The van der Waals surface area contributed by atoms with E-state index in [2.05, 4.69) is 24.1 Å². The first-order valence-corrected chi connectivity index (χ1v) is 6.87. The number of hydrogen-bond donors (Lipinski definition) is 1. The summed E-state index contributed by atoms with van der Waals surface area (Å²) in [5.41, 5.74) is 3.76. The summed E-state index contributed by atoms with van der Waals surface area (Å²) in [6.45, 7) is 0. The third-order valence-electron chi connectivity index (χ3n) is 4.12. The average Bonchev–Trinajstić information content (AvgIpc) is 2.89. The first kappa shape index (κ1) is 12.9. The van der Waals surface area contributed by atoms with Crippen molar-refractivity contribution in [3.05, 3.63) is 53.6 Å². The van der Waals surface area contributed by atoms with E-state index >= 15 is 0 Å². The van der Waals surface area contributed by atoms with Crippen LogP contribution in [-0.4, -0.2) is 19.3 Å². The maximum Gasteiger partial charge on any atom is 0.119 e. The predicted molar refractivity (Wildman–Crippen MR) is 80.6 cm³/mol. The van der Waals surface area contributed by atoms with Crippen LogP contribution in [0.15, 0.2) is 42.5 Å². The summed E-state index contributed by atoms with van der Waals surface area (Å²) >= 11 is 0. The summed E-state index contributed by atoms with van der Waals surface area (Å²) in [5.74, 6) is 1.23. The van der Waals surface area contributed by atoms with Gasteiger partial charge in [-0.15, -0.1) is 0 Å². The Bertz CT molecular complexity index is 607. The third kappa shape index (κ3) is 2.20. The van der Waals surface area contributed by atoms with Crippen molar-refractivity contribution in [3.63, 3.8) is 0 Å². The predicted octanol–water partition coefficient (Wildman–Crippen LogP) is 3.52. The van der Waals surface area contributed by atoms with E-state index in [9.17, 15) is 5.11 Å². The number of rotatable bonds is 3. The molecule has 0 saturated carbocycles. The molecule has 0 heterocycles. The van der Waals surface area contributed by atoms with Crippen LogP contribution in [0.5, 0.6) is 11.5 Å². The van der Waals surface area contributed by atoms with Gasteiger partial charge in [0.15, 0.2) is 0 Å². The van der Waals surface area contributed by atoms with Crippen LogP contribution in [0.2, 0.25) is 0 Å². The van der Waals surface area contributed by atoms with E-state index in [0.29, 0.717) is 11.8 Å². The molecule has 1 N–H and O–H groups in total. The molecule has 0 amide bonds. The van der Waals surface area contributed by atoms with Crippen LogP contribution in [0.1, 0.15) is 23.6 Å². The maximum absolute atomic E-state index is 9.57. The van der Waals surface area contributed by atoms with Crippen molar-refractivity contribution in [2.24, 2.45) is 0 Å². The summed E-state index contributed by atoms with van der Waals surface area (Å²) in [6, 6.07) is 14.2. The number of aryl methyl sites for hydroxylation is 1. The summed E-state index contributed by atoms with van der Waals surface area (Å²) in [7, 11) is 3.80. The number of phenolic OH excluding ortho intramolecular Hbond substituents is 1. The van der Waals surface area contributed by atoms with E-state index in [1.165, 1.54) is 16.8 Å². The lowest BCUT2D eigenvalue weighted by Gasteiger charge is -2.27. The molecule has 1 aliphatic rings. The van der Waals surface area contributed by atoms with E-state index in [-0.39, 0.29) is 0 Å². The largest absolute Gasteiger partial charge is 0.508 e. The number of anilines is 1. The average molecular weight is 269 g/mol. The Kier molecular flexibility index (Phi) is 3.26. The molecule has 1 aliphatic carbocycles. The molecule has 0 saturated heterocycles. The highest BCUT2D eigenvalue weighted by Crippen LogP contribution is 2.38. The molecule has 1 unspecified atom stereocenters. The standard InChI is InChI=1S/C17H19NO2/c1-18(13-4-7-15(20-2)8-5-13)17-10-3-12-11-14(19)6-9-16(12)17/h4-9,11,17,19H,3,10H2,1-2H3. The Morgan fingerprint density at radius 1 is 1.15 bits per heavy atom. The number of ether oxygens (including phenoxy) is 1. The molecule has 2 aromatic rings. The summed E-state index contributed by atoms with van der Waals surface area (Å²) < 4.78 is 5.20. The van der Waals surface area contributed by atoms with Gasteiger partial charge in [-0.25, -0.2) is 0 Å². The number of benzene rings is 2. The van der Waals surface area contributed by atoms with Crippen LogP contribution >= 0.6 is 0 Å². The Labute approximate surface area is 119 Å². The Balaban J connectivity index is 1.87. The van der Waals surface area contributed by atoms with Gasteiger partial charge in [0.1, 0.15) is 11.5 Å². The number of methoxy groups -OCH3 is 1. The Hall–Kier alpha value is -2.16. The number of nitrogens with zero attached hydrogens (tertiary/aromatic N) is 1. The molecule has 0 fully saturated rings. The highest BCUT2D eigenvalue weighted by molar-refractivity contribution is 5.53. The second-order valence-corrected chi connectivity index (χ2v) is 5.25. The van der Waals surface area contributed by atoms with Crippen LogP contribution < -0.4 is 9.64 Å². The fourth-order valence-electron chi connectivity index (χ4n) is 2.98. The minimum Gasteiger partial charge on any atom is -0.508 e. The van der Waals surface area contributed by atoms with Crippen LogP contribution in [0, 0.1) is 0 Å². The smallest absolute Gasteiger partial charge is 0.119 e. The maximum atomic E-state index is 9.57. The molecule has 2 aromatic carbocycles. The summed E-state index contributed by atoms with van der Waals surface area (Å²) in [5, 5.41) is 9.57. The lowest BCUT2D eigenvalue weighted by atomic mass is 10.1. The zero-order chi connectivity index (χ0) is 14.1. The fraction of sp³-hybridized carbons (Fsp3) is 0.294. The van der Waals surface area contributed by atoms with Gasteiger partial charge in [-0.3, -0.25) is 0 Å². The van der Waals surface area contributed by atoms with Gasteiger partial charge >= 0.3 is 0 Å². The van der Waals surface area contributed by atoms with Crippen molar-refractivity contribution in [3.8, 4) is 11.5 Å². The van der Waals surface area contributed by atoms with Crippen molar-refractivity contribution >= 4 is 5.69 Å². The van der Waals surface area contributed by atoms with Gasteiger partial charge in [0.2, 0.25) is 0 Å². The van der Waals surface area contributed by atoms with Crippen LogP contribution in [-0.2, 0) is 6.42 Å². The Morgan fingerprint density at radius 3 is 2.60 bits per heavy atom. The molecule has 3 heteroatoms. The fourth-order valence-corrected chi connectivity index (χ4v) is 2.98. The van der Waals surface area contributed by atoms with Crippen molar-refractivity contribution in [1.82, 2.24) is 0 Å². The normalized spacial score (nSPS) is 16.8. The third-order valence-corrected chi connectivity index (χ3v) is 4.12. The molecule has 0 aromatic heterocycles. The topological polar surface area (TPSA) is 32.7 Å². The van der Waals surface area contributed by atoms with E-state index in [4.69, 9.17) is 4.74 Å². The zero-order valence-electron chi connectivity index (χ0n) is 11.8. The molecule has 0 radical (unpaired) electrons. The Morgan fingerprint density at radius 2 is 1.90 bits per heavy atom. The highest BCUT2D eigenvalue weighted by Gasteiger charge is 2.26. The van der Waals surface area contributed by atoms with Crippen LogP contribution in [0.25, 0.3) is 0 Å². The van der Waals surface area contributed by atoms with Gasteiger partial charge in [-0.1, -0.05) is 6.07 Å². The number of phenols is 1. The number of hydrogen-bond acceptors (Lipinski definition) is 3. The highest BCUT2D eigenvalue weighted by atomic mass is 16.5. The molecule has 1 atom stereocenters. The van der Waals surface area contributed by atoms with Gasteiger partial charge in [0.05, 0.1) is 13.2 Å². The molecule has 0 bridgehead atoms. The van der Waals surface area contributed by atoms with E-state index in [0.717, 1.165) is 18.6 Å². The van der Waals surface area contributed by atoms with Crippen molar-refractivity contribution in [2.75, 3.05) is 19.1 Å². The first-order chi connectivity index (χ1) is 9.69. The van der Waals surface area contributed by atoms with Gasteiger partial charge in [0.25, 0.3) is 0 Å².